The summed E-state index contributed by atoms with van der Waals surface area (Å²) in [6.45, 7) is 5.79. The molecule has 2 aliphatic heterocycles. The number of nitrogens with one attached hydrogen (secondary N) is 2. The first-order chi connectivity index (χ1) is 15.1. The van der Waals surface area contributed by atoms with E-state index in [1.54, 1.807) is 11.2 Å². The summed E-state index contributed by atoms with van der Waals surface area (Å²) in [5, 5.41) is 10.8. The van der Waals surface area contributed by atoms with Crippen molar-refractivity contribution in [3.63, 3.8) is 0 Å². The summed E-state index contributed by atoms with van der Waals surface area (Å²) in [6, 6.07) is 0.0841. The Labute approximate surface area is 190 Å². The standard InChI is InChI=1S/C15H29N4O11P3/c1-10-6-13(7-27-32(23,24)30-33(25,26)29-31(20,21)22)28-14(10)4-5-19(8-16)15-11(2)12(3)17-9-18-15/h8-10,12-14,16H,4-7H2,1-3H3,(H,17,18)(H,23,24)(H,25,26)(H2,20,21,22). The molecule has 0 spiro atoms. The Morgan fingerprint density at radius 2 is 1.91 bits per heavy atom. The highest BCUT2D eigenvalue weighted by atomic mass is 31.3. The molecular formula is C15H29N4O11P3. The van der Waals surface area contributed by atoms with Crippen LogP contribution in [0.2, 0.25) is 0 Å². The predicted molar refractivity (Wildman–Crippen MR) is 116 cm³/mol. The molecule has 33 heavy (non-hydrogen) atoms. The zero-order valence-corrected chi connectivity index (χ0v) is 20.9. The van der Waals surface area contributed by atoms with Crippen LogP contribution in [0.25, 0.3) is 0 Å². The Morgan fingerprint density at radius 1 is 1.24 bits per heavy atom. The average Bonchev–Trinajstić information content (AvgIpc) is 3.01. The molecule has 0 aromatic rings. The second-order valence-corrected chi connectivity index (χ2v) is 12.1. The number of hydrogen-bond acceptors (Lipinski definition) is 10. The van der Waals surface area contributed by atoms with Gasteiger partial charge in [-0.3, -0.25) is 9.93 Å². The topological polar surface area (TPSA) is 221 Å². The Morgan fingerprint density at radius 3 is 2.52 bits per heavy atom. The van der Waals surface area contributed by atoms with Gasteiger partial charge in [0.25, 0.3) is 0 Å². The molecule has 190 valence electrons. The summed E-state index contributed by atoms with van der Waals surface area (Å²) in [7, 11) is -16.2. The lowest BCUT2D eigenvalue weighted by atomic mass is 9.99. The van der Waals surface area contributed by atoms with Crippen LogP contribution in [0.4, 0.5) is 0 Å². The summed E-state index contributed by atoms with van der Waals surface area (Å²) < 4.78 is 51.7. The van der Waals surface area contributed by atoms with Crippen LogP contribution in [-0.4, -0.2) is 68.6 Å². The van der Waals surface area contributed by atoms with Crippen molar-refractivity contribution in [1.29, 1.82) is 5.41 Å². The maximum atomic E-state index is 11.9. The van der Waals surface area contributed by atoms with E-state index in [9.17, 15) is 23.5 Å². The van der Waals surface area contributed by atoms with Crippen molar-refractivity contribution in [3.8, 4) is 0 Å². The number of phosphoric acid groups is 3. The van der Waals surface area contributed by atoms with Crippen LogP contribution in [0.1, 0.15) is 33.6 Å². The molecule has 0 bridgehead atoms. The minimum Gasteiger partial charge on any atom is -0.372 e. The molecule has 15 nitrogen and oxygen atoms in total. The van der Waals surface area contributed by atoms with Gasteiger partial charge in [0.15, 0.2) is 0 Å². The normalized spacial score (nSPS) is 29.3. The first kappa shape index (κ1) is 28.3. The van der Waals surface area contributed by atoms with Crippen LogP contribution in [-0.2, 0) is 31.6 Å². The van der Waals surface area contributed by atoms with Gasteiger partial charge in [-0.25, -0.2) is 18.7 Å². The van der Waals surface area contributed by atoms with Crippen LogP contribution >= 0.6 is 23.5 Å². The molecular weight excluding hydrogens is 505 g/mol. The monoisotopic (exact) mass is 534 g/mol. The Bertz CT molecular complexity index is 923. The van der Waals surface area contributed by atoms with Crippen molar-refractivity contribution < 1.29 is 51.2 Å². The van der Waals surface area contributed by atoms with E-state index in [0.29, 0.717) is 25.2 Å². The van der Waals surface area contributed by atoms with Crippen LogP contribution in [0.5, 0.6) is 0 Å². The fourth-order valence-electron chi connectivity index (χ4n) is 3.37. The van der Waals surface area contributed by atoms with Crippen molar-refractivity contribution in [1.82, 2.24) is 10.2 Å². The molecule has 2 aliphatic rings. The molecule has 0 amide bonds. The first-order valence-corrected chi connectivity index (χ1v) is 14.3. The summed E-state index contributed by atoms with van der Waals surface area (Å²) >= 11 is 0. The van der Waals surface area contributed by atoms with E-state index in [1.165, 1.54) is 6.34 Å². The second kappa shape index (κ2) is 11.2. The smallest absolute Gasteiger partial charge is 0.372 e. The third-order valence-electron chi connectivity index (χ3n) is 5.07. The molecule has 18 heteroatoms. The van der Waals surface area contributed by atoms with Gasteiger partial charge in [0, 0.05) is 12.6 Å². The predicted octanol–water partition coefficient (Wildman–Crippen LogP) is 1.67. The highest BCUT2D eigenvalue weighted by Crippen LogP contribution is 2.66. The number of rotatable bonds is 12. The maximum Gasteiger partial charge on any atom is 0.490 e. The van der Waals surface area contributed by atoms with E-state index < -0.39 is 36.2 Å². The SMILES string of the molecule is CC1=C(N(C=N)CCC2OC(COP(=O)(O)OP(=O)(O)OP(=O)(O)O)CC2C)N=CNC1C. The molecule has 1 fully saturated rings. The zero-order valence-electron chi connectivity index (χ0n) is 18.2. The van der Waals surface area contributed by atoms with Crippen molar-refractivity contribution in [2.75, 3.05) is 13.2 Å². The Balaban J connectivity index is 1.88. The van der Waals surface area contributed by atoms with Crippen molar-refractivity contribution in [2.24, 2.45) is 10.9 Å². The minimum absolute atomic E-state index is 0.0395. The highest BCUT2D eigenvalue weighted by Gasteiger charge is 2.42. The lowest BCUT2D eigenvalue weighted by molar-refractivity contribution is 0.000889. The minimum atomic E-state index is -5.56. The van der Waals surface area contributed by atoms with Gasteiger partial charge in [-0.05, 0) is 38.2 Å². The van der Waals surface area contributed by atoms with Crippen LogP contribution in [0.3, 0.4) is 0 Å². The van der Waals surface area contributed by atoms with Gasteiger partial charge in [0.1, 0.15) is 5.82 Å². The van der Waals surface area contributed by atoms with Gasteiger partial charge >= 0.3 is 23.5 Å². The first-order valence-electron chi connectivity index (χ1n) is 9.83. The van der Waals surface area contributed by atoms with Crippen LogP contribution in [0, 0.1) is 11.3 Å². The lowest BCUT2D eigenvalue weighted by Crippen LogP contribution is -2.35. The number of hydrogen-bond donors (Lipinski definition) is 6. The van der Waals surface area contributed by atoms with E-state index in [0.717, 1.165) is 5.57 Å². The number of aliphatic imine (C=N–C) groups is 1. The zero-order chi connectivity index (χ0) is 25.0. The van der Waals surface area contributed by atoms with Gasteiger partial charge in [0.05, 0.1) is 31.5 Å². The molecule has 1 saturated heterocycles. The Hall–Kier alpha value is -0.950. The fraction of sp³-hybridized carbons (Fsp3) is 0.733. The Kier molecular flexibility index (Phi) is 9.59. The van der Waals surface area contributed by atoms with Crippen molar-refractivity contribution in [3.05, 3.63) is 11.4 Å². The van der Waals surface area contributed by atoms with E-state index in [-0.39, 0.29) is 18.1 Å². The molecule has 0 aromatic carbocycles. The quantitative estimate of drug-likeness (QED) is 0.119. The third kappa shape index (κ3) is 8.97. The molecule has 6 N–H and O–H groups in total. The third-order valence-corrected chi connectivity index (χ3v) is 8.87. The number of ether oxygens (including phenoxy) is 1. The molecule has 0 aliphatic carbocycles. The molecule has 6 atom stereocenters. The number of phosphoric ester groups is 1. The summed E-state index contributed by atoms with van der Waals surface area (Å²) in [6.07, 6.45) is 2.84. The largest absolute Gasteiger partial charge is 0.490 e. The van der Waals surface area contributed by atoms with Gasteiger partial charge in [-0.2, -0.15) is 8.62 Å². The van der Waals surface area contributed by atoms with Gasteiger partial charge in [0.2, 0.25) is 0 Å². The van der Waals surface area contributed by atoms with Gasteiger partial charge in [-0.1, -0.05) is 6.92 Å². The molecule has 2 rings (SSSR count). The summed E-state index contributed by atoms with van der Waals surface area (Å²) in [4.78, 5) is 41.8. The molecule has 2 heterocycles. The van der Waals surface area contributed by atoms with E-state index in [2.05, 4.69) is 23.5 Å². The van der Waals surface area contributed by atoms with Crippen molar-refractivity contribution in [2.45, 2.75) is 51.9 Å². The summed E-state index contributed by atoms with van der Waals surface area (Å²) in [5.74, 6) is 0.712. The highest BCUT2D eigenvalue weighted by molar-refractivity contribution is 7.66. The van der Waals surface area contributed by atoms with Gasteiger partial charge < -0.3 is 34.5 Å². The second-order valence-electron chi connectivity index (χ2n) is 7.66. The van der Waals surface area contributed by atoms with Crippen LogP contribution in [0.15, 0.2) is 16.4 Å². The average molecular weight is 534 g/mol. The number of nitrogens with zero attached hydrogens (tertiary/aromatic N) is 2. The van der Waals surface area contributed by atoms with Gasteiger partial charge in [-0.15, -0.1) is 0 Å². The summed E-state index contributed by atoms with van der Waals surface area (Å²) in [5.41, 5.74) is 0.982. The van der Waals surface area contributed by atoms with E-state index in [1.807, 2.05) is 20.8 Å². The lowest BCUT2D eigenvalue weighted by Gasteiger charge is -2.28. The molecule has 0 saturated carbocycles. The molecule has 0 radical (unpaired) electrons. The van der Waals surface area contributed by atoms with E-state index in [4.69, 9.17) is 19.9 Å². The molecule has 0 aromatic heterocycles. The van der Waals surface area contributed by atoms with Crippen molar-refractivity contribution >= 4 is 36.1 Å². The maximum absolute atomic E-state index is 11.9. The molecule has 6 unspecified atom stereocenters. The fourth-order valence-corrected chi connectivity index (χ4v) is 6.42. The van der Waals surface area contributed by atoms with Crippen LogP contribution < -0.4 is 5.32 Å². The van der Waals surface area contributed by atoms with E-state index >= 15 is 0 Å².